The second kappa shape index (κ2) is 10.1. The Kier molecular flexibility index (Phi) is 7.79. The van der Waals surface area contributed by atoms with Gasteiger partial charge in [0, 0.05) is 32.1 Å². The highest BCUT2D eigenvalue weighted by molar-refractivity contribution is 7.09. The second-order valence-corrected chi connectivity index (χ2v) is 6.70. The normalized spacial score (nSPS) is 11.5. The van der Waals surface area contributed by atoms with E-state index in [4.69, 9.17) is 9.73 Å². The van der Waals surface area contributed by atoms with Crippen LogP contribution in [0.25, 0.3) is 0 Å². The number of benzene rings is 1. The van der Waals surface area contributed by atoms with Crippen LogP contribution in [0.2, 0.25) is 0 Å². The number of likely N-dealkylation sites (N-methyl/N-ethyl adjacent to an activating group) is 1. The molecule has 5 heteroatoms. The fourth-order valence-corrected chi connectivity index (χ4v) is 3.08. The molecule has 1 aromatic heterocycles. The number of nitrogens with one attached hydrogen (secondary N) is 1. The quantitative estimate of drug-likeness (QED) is 0.587. The van der Waals surface area contributed by atoms with Gasteiger partial charge in [-0.3, -0.25) is 0 Å². The first-order chi connectivity index (χ1) is 11.7. The molecule has 0 radical (unpaired) electrons. The number of methoxy groups -OCH3 is 1. The highest BCUT2D eigenvalue weighted by atomic mass is 32.1. The van der Waals surface area contributed by atoms with Crippen LogP contribution in [0.15, 0.2) is 46.8 Å². The average Bonchev–Trinajstić information content (AvgIpc) is 3.11. The molecule has 0 aliphatic rings. The van der Waals surface area contributed by atoms with Crippen molar-refractivity contribution >= 4 is 17.3 Å². The highest BCUT2D eigenvalue weighted by Crippen LogP contribution is 2.10. The summed E-state index contributed by atoms with van der Waals surface area (Å²) in [4.78, 5) is 8.37. The van der Waals surface area contributed by atoms with Crippen LogP contribution in [0, 0.1) is 0 Å². The molecule has 0 aliphatic carbocycles. The van der Waals surface area contributed by atoms with E-state index in [1.54, 1.807) is 7.11 Å². The van der Waals surface area contributed by atoms with Gasteiger partial charge in [-0.1, -0.05) is 30.3 Å². The summed E-state index contributed by atoms with van der Waals surface area (Å²) >= 11 is 1.81. The first-order valence-electron chi connectivity index (χ1n) is 8.31. The minimum absolute atomic E-state index is 0.650. The van der Waals surface area contributed by atoms with Crippen molar-refractivity contribution in [3.8, 4) is 0 Å². The predicted molar refractivity (Wildman–Crippen MR) is 103 cm³/mol. The Morgan fingerprint density at radius 2 is 1.96 bits per heavy atom. The monoisotopic (exact) mass is 345 g/mol. The molecule has 4 nitrogen and oxygen atoms in total. The first-order valence-corrected chi connectivity index (χ1v) is 9.19. The van der Waals surface area contributed by atoms with Crippen molar-refractivity contribution in [3.05, 3.63) is 57.8 Å². The molecule has 1 N–H and O–H groups in total. The third kappa shape index (κ3) is 5.98. The molecule has 1 aromatic carbocycles. The topological polar surface area (TPSA) is 36.9 Å². The molecule has 0 atom stereocenters. The average molecular weight is 346 g/mol. The number of thiophene rings is 1. The lowest BCUT2D eigenvalue weighted by Crippen LogP contribution is -2.39. The Morgan fingerprint density at radius 1 is 1.21 bits per heavy atom. The van der Waals surface area contributed by atoms with Crippen molar-refractivity contribution in [1.29, 1.82) is 0 Å². The van der Waals surface area contributed by atoms with E-state index in [1.165, 1.54) is 16.0 Å². The number of guanidine groups is 1. The summed E-state index contributed by atoms with van der Waals surface area (Å²) in [5.41, 5.74) is 2.39. The summed E-state index contributed by atoms with van der Waals surface area (Å²) in [6.45, 7) is 5.26. The number of hydrogen-bond acceptors (Lipinski definition) is 3. The van der Waals surface area contributed by atoms with Crippen molar-refractivity contribution in [2.45, 2.75) is 26.5 Å². The van der Waals surface area contributed by atoms with Gasteiger partial charge >= 0.3 is 0 Å². The zero-order chi connectivity index (χ0) is 17.2. The summed E-state index contributed by atoms with van der Waals surface area (Å²) in [5, 5.41) is 5.50. The highest BCUT2D eigenvalue weighted by Gasteiger charge is 2.06. The molecule has 2 aromatic rings. The third-order valence-electron chi connectivity index (χ3n) is 3.72. The van der Waals surface area contributed by atoms with Crippen LogP contribution < -0.4 is 5.32 Å². The fourth-order valence-electron chi connectivity index (χ4n) is 2.38. The van der Waals surface area contributed by atoms with Crippen molar-refractivity contribution in [2.75, 3.05) is 27.2 Å². The molecule has 0 spiro atoms. The van der Waals surface area contributed by atoms with Gasteiger partial charge in [0.25, 0.3) is 0 Å². The van der Waals surface area contributed by atoms with Gasteiger partial charge in [-0.25, -0.2) is 4.99 Å². The molecule has 130 valence electrons. The molecule has 0 saturated carbocycles. The number of ether oxygens (including phenoxy) is 1. The van der Waals surface area contributed by atoms with Gasteiger partial charge in [-0.15, -0.1) is 11.3 Å². The van der Waals surface area contributed by atoms with Crippen molar-refractivity contribution < 1.29 is 4.74 Å². The van der Waals surface area contributed by atoms with E-state index in [2.05, 4.69) is 66.0 Å². The summed E-state index contributed by atoms with van der Waals surface area (Å²) in [6.07, 6.45) is 1.05. The molecular weight excluding hydrogens is 318 g/mol. The fraction of sp³-hybridized carbons (Fsp3) is 0.421. The second-order valence-electron chi connectivity index (χ2n) is 5.67. The number of hydrogen-bond donors (Lipinski definition) is 1. The maximum absolute atomic E-state index is 5.14. The molecule has 24 heavy (non-hydrogen) atoms. The standard InChI is InChI=1S/C19H27N3OS/c1-4-20-19(22(2)12-11-18-6-5-13-24-18)21-14-16-7-9-17(10-8-16)15-23-3/h5-10,13H,4,11-12,14-15H2,1-3H3,(H,20,21). The minimum atomic E-state index is 0.650. The van der Waals surface area contributed by atoms with E-state index in [1.807, 2.05) is 11.3 Å². The molecule has 0 aliphatic heterocycles. The molecule has 0 bridgehead atoms. The number of aliphatic imine (C=N–C) groups is 1. The Bertz CT molecular complexity index is 608. The summed E-state index contributed by atoms with van der Waals surface area (Å²) in [7, 11) is 3.81. The largest absolute Gasteiger partial charge is 0.380 e. The molecule has 0 saturated heterocycles. The zero-order valence-corrected chi connectivity index (χ0v) is 15.6. The molecule has 1 heterocycles. The van der Waals surface area contributed by atoms with Gasteiger partial charge < -0.3 is 15.0 Å². The summed E-state index contributed by atoms with van der Waals surface area (Å²) < 4.78 is 5.14. The van der Waals surface area contributed by atoms with Gasteiger partial charge in [-0.05, 0) is 35.9 Å². The summed E-state index contributed by atoms with van der Waals surface area (Å²) in [5.74, 6) is 0.954. The van der Waals surface area contributed by atoms with Gasteiger partial charge in [0.15, 0.2) is 5.96 Å². The van der Waals surface area contributed by atoms with Crippen molar-refractivity contribution in [2.24, 2.45) is 4.99 Å². The first kappa shape index (κ1) is 18.5. The molecule has 0 fully saturated rings. The van der Waals surface area contributed by atoms with Gasteiger partial charge in [-0.2, -0.15) is 0 Å². The minimum Gasteiger partial charge on any atom is -0.380 e. The Morgan fingerprint density at radius 3 is 2.58 bits per heavy atom. The van der Waals surface area contributed by atoms with E-state index in [0.717, 1.165) is 25.5 Å². The van der Waals surface area contributed by atoms with Crippen molar-refractivity contribution in [1.82, 2.24) is 10.2 Å². The number of nitrogens with zero attached hydrogens (tertiary/aromatic N) is 2. The van der Waals surface area contributed by atoms with E-state index < -0.39 is 0 Å². The lowest BCUT2D eigenvalue weighted by molar-refractivity contribution is 0.185. The van der Waals surface area contributed by atoms with Crippen LogP contribution in [-0.2, 0) is 24.3 Å². The lowest BCUT2D eigenvalue weighted by atomic mass is 10.1. The van der Waals surface area contributed by atoms with Gasteiger partial charge in [0.2, 0.25) is 0 Å². The van der Waals surface area contributed by atoms with Crippen LogP contribution in [0.1, 0.15) is 22.9 Å². The molecule has 2 rings (SSSR count). The molecule has 0 amide bonds. The predicted octanol–water partition coefficient (Wildman–Crippen LogP) is 3.53. The van der Waals surface area contributed by atoms with Gasteiger partial charge in [0.05, 0.1) is 13.2 Å². The Balaban J connectivity index is 1.93. The number of rotatable bonds is 8. The van der Waals surface area contributed by atoms with Gasteiger partial charge in [0.1, 0.15) is 0 Å². The van der Waals surface area contributed by atoms with Crippen LogP contribution >= 0.6 is 11.3 Å². The molecular formula is C19H27N3OS. The SMILES string of the molecule is CCNC(=NCc1ccc(COC)cc1)N(C)CCc1cccs1. The van der Waals surface area contributed by atoms with E-state index in [9.17, 15) is 0 Å². The van der Waals surface area contributed by atoms with E-state index in [0.29, 0.717) is 13.2 Å². The maximum atomic E-state index is 5.14. The van der Waals surface area contributed by atoms with E-state index in [-0.39, 0.29) is 0 Å². The van der Waals surface area contributed by atoms with Crippen LogP contribution in [0.4, 0.5) is 0 Å². The summed E-state index contributed by atoms with van der Waals surface area (Å²) in [6, 6.07) is 12.7. The zero-order valence-electron chi connectivity index (χ0n) is 14.8. The third-order valence-corrected chi connectivity index (χ3v) is 4.65. The Labute approximate surface area is 149 Å². The smallest absolute Gasteiger partial charge is 0.193 e. The maximum Gasteiger partial charge on any atom is 0.193 e. The van der Waals surface area contributed by atoms with Crippen LogP contribution in [0.5, 0.6) is 0 Å². The molecule has 0 unspecified atom stereocenters. The van der Waals surface area contributed by atoms with Crippen molar-refractivity contribution in [3.63, 3.8) is 0 Å². The van der Waals surface area contributed by atoms with Crippen LogP contribution in [-0.4, -0.2) is 38.1 Å². The Hall–Kier alpha value is -1.85. The van der Waals surface area contributed by atoms with Crippen LogP contribution in [0.3, 0.4) is 0 Å². The lowest BCUT2D eigenvalue weighted by Gasteiger charge is -2.21. The van der Waals surface area contributed by atoms with E-state index >= 15 is 0 Å².